The van der Waals surface area contributed by atoms with Gasteiger partial charge < -0.3 is 8.94 Å². The van der Waals surface area contributed by atoms with Crippen LogP contribution < -0.4 is 0 Å². The summed E-state index contributed by atoms with van der Waals surface area (Å²) in [4.78, 5) is 5.05. The molecule has 3 heterocycles. The van der Waals surface area contributed by atoms with E-state index in [1.165, 1.54) is 35.2 Å². The molecule has 0 saturated carbocycles. The first-order chi connectivity index (χ1) is 13.0. The minimum Gasteiger partial charge on any atom is -0.410 e. The molecule has 0 fully saturated rings. The van der Waals surface area contributed by atoms with Crippen molar-refractivity contribution >= 4 is 23.1 Å². The Kier molecular flexibility index (Phi) is 4.70. The van der Waals surface area contributed by atoms with Gasteiger partial charge in [-0.1, -0.05) is 35.1 Å². The van der Waals surface area contributed by atoms with Crippen molar-refractivity contribution in [1.29, 1.82) is 0 Å². The summed E-state index contributed by atoms with van der Waals surface area (Å²) in [6, 6.07) is 8.32. The molecule has 0 N–H and O–H groups in total. The first-order valence-electron chi connectivity index (χ1n) is 7.49. The summed E-state index contributed by atoms with van der Waals surface area (Å²) in [5.74, 6) is 1.23. The molecular weight excluding hydrogens is 401 g/mol. The molecule has 0 saturated heterocycles. The number of hydrogen-bond donors (Lipinski definition) is 0. The van der Waals surface area contributed by atoms with Gasteiger partial charge in [0.25, 0.3) is 11.1 Å². The van der Waals surface area contributed by atoms with E-state index in [4.69, 9.17) is 8.94 Å². The van der Waals surface area contributed by atoms with Gasteiger partial charge in [0.2, 0.25) is 11.7 Å². The number of hydrogen-bond acceptors (Lipinski definition) is 8. The number of nitrogens with zero attached hydrogens (tertiary/aromatic N) is 4. The number of thiophene rings is 1. The fourth-order valence-corrected chi connectivity index (χ4v) is 3.38. The van der Waals surface area contributed by atoms with E-state index in [0.29, 0.717) is 28.3 Å². The maximum atomic E-state index is 12.6. The van der Waals surface area contributed by atoms with Crippen LogP contribution >= 0.6 is 23.1 Å². The van der Waals surface area contributed by atoms with E-state index in [1.54, 1.807) is 0 Å². The van der Waals surface area contributed by atoms with Gasteiger partial charge in [0, 0.05) is 5.56 Å². The Bertz CT molecular complexity index is 1030. The molecule has 0 aliphatic heterocycles. The highest BCUT2D eigenvalue weighted by atomic mass is 32.2. The molecule has 1 aromatic carbocycles. The quantitative estimate of drug-likeness (QED) is 0.421. The van der Waals surface area contributed by atoms with E-state index < -0.39 is 11.7 Å². The molecular formula is C16H9F3N4O2S2. The SMILES string of the molecule is FC(F)(F)c1ccc(-c2noc(CSc3nnc(-c4cccs4)o3)n2)cc1. The summed E-state index contributed by atoms with van der Waals surface area (Å²) in [6.07, 6.45) is -4.39. The summed E-state index contributed by atoms with van der Waals surface area (Å²) in [6.45, 7) is 0. The second-order valence-corrected chi connectivity index (χ2v) is 7.10. The largest absolute Gasteiger partial charge is 0.416 e. The predicted molar refractivity (Wildman–Crippen MR) is 91.9 cm³/mol. The van der Waals surface area contributed by atoms with Crippen LogP contribution in [-0.4, -0.2) is 20.3 Å². The Balaban J connectivity index is 1.41. The third kappa shape index (κ3) is 4.03. The molecule has 0 aliphatic rings. The van der Waals surface area contributed by atoms with Crippen LogP contribution in [0, 0.1) is 0 Å². The predicted octanol–water partition coefficient (Wildman–Crippen LogP) is 5.16. The smallest absolute Gasteiger partial charge is 0.410 e. The average Bonchev–Trinajstić information content (AvgIpc) is 3.39. The number of thioether (sulfide) groups is 1. The summed E-state index contributed by atoms with van der Waals surface area (Å²) in [5.41, 5.74) is -0.302. The molecule has 0 spiro atoms. The highest BCUT2D eigenvalue weighted by molar-refractivity contribution is 7.98. The lowest BCUT2D eigenvalue weighted by Gasteiger charge is -2.05. The topological polar surface area (TPSA) is 77.8 Å². The van der Waals surface area contributed by atoms with Gasteiger partial charge in [0.1, 0.15) is 0 Å². The Labute approximate surface area is 158 Å². The molecule has 3 aromatic heterocycles. The zero-order valence-electron chi connectivity index (χ0n) is 13.3. The molecule has 0 atom stereocenters. The number of alkyl halides is 3. The van der Waals surface area contributed by atoms with Gasteiger partial charge in [0.05, 0.1) is 16.2 Å². The lowest BCUT2D eigenvalue weighted by molar-refractivity contribution is -0.137. The van der Waals surface area contributed by atoms with E-state index >= 15 is 0 Å². The molecule has 0 radical (unpaired) electrons. The van der Waals surface area contributed by atoms with Crippen LogP contribution in [0.3, 0.4) is 0 Å². The van der Waals surface area contributed by atoms with Crippen molar-refractivity contribution in [1.82, 2.24) is 20.3 Å². The zero-order valence-corrected chi connectivity index (χ0v) is 14.9. The van der Waals surface area contributed by atoms with E-state index in [0.717, 1.165) is 17.0 Å². The zero-order chi connectivity index (χ0) is 18.9. The molecule has 0 aliphatic carbocycles. The van der Waals surface area contributed by atoms with Crippen LogP contribution in [0.15, 0.2) is 55.9 Å². The van der Waals surface area contributed by atoms with Gasteiger partial charge in [-0.05, 0) is 23.6 Å². The van der Waals surface area contributed by atoms with Crippen LogP contribution in [0.1, 0.15) is 11.5 Å². The Morgan fingerprint density at radius 2 is 1.89 bits per heavy atom. The lowest BCUT2D eigenvalue weighted by Crippen LogP contribution is -2.04. The second kappa shape index (κ2) is 7.16. The summed E-state index contributed by atoms with van der Waals surface area (Å²) >= 11 is 2.72. The number of halogens is 3. The highest BCUT2D eigenvalue weighted by Gasteiger charge is 2.30. The van der Waals surface area contributed by atoms with Gasteiger partial charge in [-0.15, -0.1) is 21.5 Å². The van der Waals surface area contributed by atoms with Crippen molar-refractivity contribution in [2.24, 2.45) is 0 Å². The summed E-state index contributed by atoms with van der Waals surface area (Å²) in [7, 11) is 0. The number of aromatic nitrogens is 4. The Morgan fingerprint density at radius 1 is 1.07 bits per heavy atom. The van der Waals surface area contributed by atoms with Gasteiger partial charge in [0.15, 0.2) is 0 Å². The van der Waals surface area contributed by atoms with Crippen LogP contribution in [0.4, 0.5) is 13.2 Å². The minimum atomic E-state index is -4.39. The third-order valence-electron chi connectivity index (χ3n) is 3.40. The van der Waals surface area contributed by atoms with Crippen molar-refractivity contribution in [2.45, 2.75) is 17.2 Å². The Hall–Kier alpha value is -2.66. The molecule has 0 amide bonds. The second-order valence-electron chi connectivity index (χ2n) is 5.23. The van der Waals surface area contributed by atoms with Crippen LogP contribution in [0.5, 0.6) is 0 Å². The minimum absolute atomic E-state index is 0.212. The van der Waals surface area contributed by atoms with Crippen molar-refractivity contribution in [3.63, 3.8) is 0 Å². The van der Waals surface area contributed by atoms with Crippen molar-refractivity contribution < 1.29 is 22.1 Å². The molecule has 11 heteroatoms. The molecule has 4 rings (SSSR count). The fourth-order valence-electron chi connectivity index (χ4n) is 2.13. The number of benzene rings is 1. The standard InChI is InChI=1S/C16H9F3N4O2S2/c17-16(18,19)10-5-3-9(4-6-10)13-20-12(25-23-13)8-27-15-22-21-14(24-15)11-2-1-7-26-11/h1-7H,8H2. The average molecular weight is 410 g/mol. The van der Waals surface area contributed by atoms with Crippen molar-refractivity contribution in [3.05, 3.63) is 53.2 Å². The number of rotatable bonds is 5. The van der Waals surface area contributed by atoms with Gasteiger partial charge in [-0.25, -0.2) is 0 Å². The normalized spacial score (nSPS) is 11.8. The molecule has 0 unspecified atom stereocenters. The molecule has 138 valence electrons. The van der Waals surface area contributed by atoms with Crippen LogP contribution in [0.25, 0.3) is 22.2 Å². The van der Waals surface area contributed by atoms with Gasteiger partial charge >= 0.3 is 6.18 Å². The Morgan fingerprint density at radius 3 is 2.59 bits per heavy atom. The van der Waals surface area contributed by atoms with Crippen molar-refractivity contribution in [2.75, 3.05) is 0 Å². The van der Waals surface area contributed by atoms with Gasteiger partial charge in [-0.2, -0.15) is 18.2 Å². The summed E-state index contributed by atoms with van der Waals surface area (Å²) < 4.78 is 48.5. The van der Waals surface area contributed by atoms with Crippen LogP contribution in [0.2, 0.25) is 0 Å². The molecule has 27 heavy (non-hydrogen) atoms. The van der Waals surface area contributed by atoms with E-state index in [1.807, 2.05) is 17.5 Å². The van der Waals surface area contributed by atoms with E-state index in [-0.39, 0.29) is 5.82 Å². The van der Waals surface area contributed by atoms with E-state index in [9.17, 15) is 13.2 Å². The maximum Gasteiger partial charge on any atom is 0.416 e. The highest BCUT2D eigenvalue weighted by Crippen LogP contribution is 2.31. The monoisotopic (exact) mass is 410 g/mol. The third-order valence-corrected chi connectivity index (χ3v) is 5.06. The first kappa shape index (κ1) is 17.7. The van der Waals surface area contributed by atoms with E-state index in [2.05, 4.69) is 20.3 Å². The molecule has 6 nitrogen and oxygen atoms in total. The first-order valence-corrected chi connectivity index (χ1v) is 9.36. The van der Waals surface area contributed by atoms with Gasteiger partial charge in [-0.3, -0.25) is 0 Å². The van der Waals surface area contributed by atoms with Crippen LogP contribution in [-0.2, 0) is 11.9 Å². The molecule has 4 aromatic rings. The van der Waals surface area contributed by atoms with Crippen molar-refractivity contribution in [3.8, 4) is 22.2 Å². The maximum absolute atomic E-state index is 12.6. The molecule has 0 bridgehead atoms. The lowest BCUT2D eigenvalue weighted by atomic mass is 10.1. The summed E-state index contributed by atoms with van der Waals surface area (Å²) in [5, 5.41) is 14.0. The fraction of sp³-hybridized carbons (Fsp3) is 0.125.